The Labute approximate surface area is 145 Å². The highest BCUT2D eigenvalue weighted by Gasteiger charge is 2.48. The van der Waals surface area contributed by atoms with Crippen molar-refractivity contribution in [2.24, 2.45) is 5.73 Å². The summed E-state index contributed by atoms with van der Waals surface area (Å²) < 4.78 is 10.7. The number of aliphatic carboxylic acids is 1. The van der Waals surface area contributed by atoms with Crippen molar-refractivity contribution in [2.75, 3.05) is 5.32 Å². The van der Waals surface area contributed by atoms with Crippen LogP contribution in [0.3, 0.4) is 0 Å². The molecule has 2 rings (SSSR count). The molecule has 1 heterocycles. The van der Waals surface area contributed by atoms with Crippen LogP contribution in [0.4, 0.5) is 5.69 Å². The van der Waals surface area contributed by atoms with Gasteiger partial charge in [0, 0.05) is 12.6 Å². The summed E-state index contributed by atoms with van der Waals surface area (Å²) in [6.07, 6.45) is -8.28. The van der Waals surface area contributed by atoms with E-state index in [0.29, 0.717) is 18.0 Å². The largest absolute Gasteiger partial charge is 0.479 e. The molecular weight excluding hydrogens is 332 g/mol. The molecule has 9 nitrogen and oxygen atoms in total. The molecule has 0 aliphatic carbocycles. The molecule has 1 aromatic rings. The Bertz CT molecular complexity index is 610. The molecule has 1 aromatic carbocycles. The zero-order valence-corrected chi connectivity index (χ0v) is 14.0. The van der Waals surface area contributed by atoms with E-state index in [1.165, 1.54) is 0 Å². The Hall–Kier alpha value is -1.91. The molecule has 140 valence electrons. The molecule has 1 fully saturated rings. The lowest BCUT2D eigenvalue weighted by Crippen LogP contribution is -2.61. The van der Waals surface area contributed by atoms with Crippen LogP contribution in [0.5, 0.6) is 5.75 Å². The van der Waals surface area contributed by atoms with Crippen molar-refractivity contribution in [1.82, 2.24) is 0 Å². The fourth-order valence-corrected chi connectivity index (χ4v) is 2.51. The number of carboxylic acid groups (broad SMARTS) is 1. The van der Waals surface area contributed by atoms with Crippen molar-refractivity contribution in [1.29, 1.82) is 0 Å². The Balaban J connectivity index is 2.26. The topological polar surface area (TPSA) is 154 Å². The van der Waals surface area contributed by atoms with Gasteiger partial charge in [-0.1, -0.05) is 6.07 Å². The zero-order chi connectivity index (χ0) is 18.7. The van der Waals surface area contributed by atoms with E-state index in [1.807, 2.05) is 13.8 Å². The Kier molecular flexibility index (Phi) is 6.20. The molecule has 0 radical (unpaired) electrons. The van der Waals surface area contributed by atoms with Gasteiger partial charge in [0.1, 0.15) is 24.1 Å². The molecule has 0 spiro atoms. The van der Waals surface area contributed by atoms with Crippen molar-refractivity contribution in [3.05, 3.63) is 23.8 Å². The first-order valence-electron chi connectivity index (χ1n) is 7.93. The third-order valence-corrected chi connectivity index (χ3v) is 3.78. The molecule has 1 aliphatic rings. The van der Waals surface area contributed by atoms with E-state index in [2.05, 4.69) is 5.32 Å². The summed E-state index contributed by atoms with van der Waals surface area (Å²) in [6, 6.07) is 5.17. The third-order valence-electron chi connectivity index (χ3n) is 3.78. The lowest BCUT2D eigenvalue weighted by Gasteiger charge is -2.38. The van der Waals surface area contributed by atoms with Gasteiger partial charge in [0.15, 0.2) is 6.10 Å². The predicted octanol–water partition coefficient (Wildman–Crippen LogP) is -0.763. The highest BCUT2D eigenvalue weighted by atomic mass is 16.7. The van der Waals surface area contributed by atoms with Gasteiger partial charge in [0.2, 0.25) is 6.29 Å². The number of nitrogens with one attached hydrogen (secondary N) is 1. The molecule has 0 bridgehead atoms. The number of ether oxygens (including phenoxy) is 2. The fraction of sp³-hybridized carbons (Fsp3) is 0.562. The monoisotopic (exact) mass is 356 g/mol. The quantitative estimate of drug-likeness (QED) is 0.386. The van der Waals surface area contributed by atoms with Gasteiger partial charge in [0.25, 0.3) is 0 Å². The Morgan fingerprint density at radius 2 is 1.96 bits per heavy atom. The Morgan fingerprint density at radius 1 is 1.28 bits per heavy atom. The summed E-state index contributed by atoms with van der Waals surface area (Å²) in [7, 11) is 0. The van der Waals surface area contributed by atoms with E-state index in [-0.39, 0.29) is 6.04 Å². The SMILES string of the molecule is CC(C)Nc1cc(CN)ccc1OC1OC(C(=O)O)C(O)C(O)C1O. The first-order valence-corrected chi connectivity index (χ1v) is 7.93. The average Bonchev–Trinajstić information content (AvgIpc) is 2.55. The minimum absolute atomic E-state index is 0.0757. The minimum Gasteiger partial charge on any atom is -0.479 e. The second-order valence-corrected chi connectivity index (χ2v) is 6.19. The molecule has 9 heteroatoms. The van der Waals surface area contributed by atoms with Crippen LogP contribution >= 0.6 is 0 Å². The van der Waals surface area contributed by atoms with E-state index < -0.39 is 36.7 Å². The standard InChI is InChI=1S/C16H24N2O7/c1-7(2)18-9-5-8(6-17)3-4-10(9)24-16-13(21)11(19)12(20)14(25-16)15(22)23/h3-5,7,11-14,16,18-21H,6,17H2,1-2H3,(H,22,23). The van der Waals surface area contributed by atoms with Crippen LogP contribution in [-0.4, -0.2) is 63.1 Å². The molecule has 5 atom stereocenters. The number of nitrogens with two attached hydrogens (primary N) is 1. The van der Waals surface area contributed by atoms with E-state index in [0.717, 1.165) is 5.56 Å². The normalized spacial score (nSPS) is 29.5. The lowest BCUT2D eigenvalue weighted by atomic mass is 9.99. The van der Waals surface area contributed by atoms with Gasteiger partial charge in [-0.25, -0.2) is 4.79 Å². The lowest BCUT2D eigenvalue weighted by molar-refractivity contribution is -0.271. The molecule has 0 aromatic heterocycles. The van der Waals surface area contributed by atoms with Crippen molar-refractivity contribution in [2.45, 2.75) is 57.1 Å². The summed E-state index contributed by atoms with van der Waals surface area (Å²) >= 11 is 0. The number of benzene rings is 1. The number of carboxylic acids is 1. The highest BCUT2D eigenvalue weighted by Crippen LogP contribution is 2.31. The van der Waals surface area contributed by atoms with Crippen LogP contribution in [0.15, 0.2) is 18.2 Å². The first kappa shape index (κ1) is 19.4. The molecular formula is C16H24N2O7. The second-order valence-electron chi connectivity index (χ2n) is 6.19. The van der Waals surface area contributed by atoms with Gasteiger partial charge in [0.05, 0.1) is 5.69 Å². The summed E-state index contributed by atoms with van der Waals surface area (Å²) in [4.78, 5) is 11.2. The van der Waals surface area contributed by atoms with Gasteiger partial charge in [-0.3, -0.25) is 0 Å². The van der Waals surface area contributed by atoms with Crippen molar-refractivity contribution in [3.63, 3.8) is 0 Å². The maximum atomic E-state index is 11.2. The number of hydrogen-bond donors (Lipinski definition) is 6. The smallest absolute Gasteiger partial charge is 0.335 e. The zero-order valence-electron chi connectivity index (χ0n) is 14.0. The molecule has 1 saturated heterocycles. The number of hydrogen-bond acceptors (Lipinski definition) is 8. The average molecular weight is 356 g/mol. The predicted molar refractivity (Wildman–Crippen MR) is 88.0 cm³/mol. The number of aliphatic hydroxyl groups is 3. The van der Waals surface area contributed by atoms with Crippen molar-refractivity contribution in [3.8, 4) is 5.75 Å². The molecule has 7 N–H and O–H groups in total. The number of rotatable bonds is 6. The highest BCUT2D eigenvalue weighted by molar-refractivity contribution is 5.73. The van der Waals surface area contributed by atoms with E-state index in [1.54, 1.807) is 18.2 Å². The fourth-order valence-electron chi connectivity index (χ4n) is 2.51. The maximum absolute atomic E-state index is 11.2. The van der Waals surface area contributed by atoms with E-state index in [9.17, 15) is 20.1 Å². The Morgan fingerprint density at radius 3 is 2.52 bits per heavy atom. The van der Waals surface area contributed by atoms with Crippen LogP contribution in [0.25, 0.3) is 0 Å². The molecule has 25 heavy (non-hydrogen) atoms. The number of aliphatic hydroxyl groups excluding tert-OH is 3. The second kappa shape index (κ2) is 7.98. The van der Waals surface area contributed by atoms with Gasteiger partial charge in [-0.15, -0.1) is 0 Å². The van der Waals surface area contributed by atoms with Gasteiger partial charge in [-0.05, 0) is 31.5 Å². The van der Waals surface area contributed by atoms with Crippen LogP contribution in [0.1, 0.15) is 19.4 Å². The van der Waals surface area contributed by atoms with Crippen LogP contribution in [0.2, 0.25) is 0 Å². The van der Waals surface area contributed by atoms with E-state index >= 15 is 0 Å². The first-order chi connectivity index (χ1) is 11.7. The van der Waals surface area contributed by atoms with Crippen molar-refractivity contribution >= 4 is 11.7 Å². The maximum Gasteiger partial charge on any atom is 0.335 e. The van der Waals surface area contributed by atoms with Gasteiger partial charge >= 0.3 is 5.97 Å². The molecule has 5 unspecified atom stereocenters. The van der Waals surface area contributed by atoms with Gasteiger partial charge in [-0.2, -0.15) is 0 Å². The summed E-state index contributed by atoms with van der Waals surface area (Å²) in [5.74, 6) is -1.17. The molecule has 1 aliphatic heterocycles. The third kappa shape index (κ3) is 4.39. The molecule has 0 saturated carbocycles. The van der Waals surface area contributed by atoms with Crippen LogP contribution in [-0.2, 0) is 16.1 Å². The van der Waals surface area contributed by atoms with Crippen molar-refractivity contribution < 1.29 is 34.7 Å². The van der Waals surface area contributed by atoms with Crippen LogP contribution < -0.4 is 15.8 Å². The molecule has 0 amide bonds. The van der Waals surface area contributed by atoms with Gasteiger partial charge < -0.3 is 41.0 Å². The minimum atomic E-state index is -1.76. The summed E-state index contributed by atoms with van der Waals surface area (Å²) in [5.41, 5.74) is 7.06. The van der Waals surface area contributed by atoms with E-state index in [4.69, 9.17) is 20.3 Å². The van der Waals surface area contributed by atoms with Crippen LogP contribution in [0, 0.1) is 0 Å². The number of carbonyl (C=O) groups is 1. The number of anilines is 1. The summed E-state index contributed by atoms with van der Waals surface area (Å²) in [5, 5.41) is 41.9. The summed E-state index contributed by atoms with van der Waals surface area (Å²) in [6.45, 7) is 4.17.